The Bertz CT molecular complexity index is 1370. The number of hydrogen-bond donors (Lipinski definition) is 2. The van der Waals surface area contributed by atoms with Gasteiger partial charge in [0.25, 0.3) is 11.8 Å². The van der Waals surface area contributed by atoms with Crippen molar-refractivity contribution in [3.05, 3.63) is 76.7 Å². The molecule has 2 amide bonds. The number of carbonyl (C=O) groups is 2. The fraction of sp³-hybridized carbons (Fsp3) is 0.296. The van der Waals surface area contributed by atoms with Gasteiger partial charge in [-0.3, -0.25) is 9.59 Å². The van der Waals surface area contributed by atoms with Crippen LogP contribution in [0.5, 0.6) is 0 Å². The van der Waals surface area contributed by atoms with Crippen molar-refractivity contribution in [2.24, 2.45) is 5.73 Å². The standard InChI is InChI=1S/C27H30N6O2S/c1-3-22(18-7-5-4-6-8-18)33-27-21(17-23(36-27)24(28)34)25(30-33)29-26(35)19-9-11-20(12-10-19)32-15-13-31(2)14-16-32/h4-12,17,22H,3,13-16H2,1-2H3,(H2,28,34)(H,29,30,35)/t22-/m1/s1. The molecule has 2 aromatic carbocycles. The number of nitrogens with two attached hydrogens (primary N) is 1. The number of rotatable bonds is 7. The van der Waals surface area contributed by atoms with Gasteiger partial charge in [-0.25, -0.2) is 4.68 Å². The second kappa shape index (κ2) is 10.1. The number of hydrogen-bond acceptors (Lipinski definition) is 6. The Labute approximate surface area is 214 Å². The van der Waals surface area contributed by atoms with E-state index in [4.69, 9.17) is 10.8 Å². The summed E-state index contributed by atoms with van der Waals surface area (Å²) in [6.07, 6.45) is 0.797. The molecule has 1 fully saturated rings. The van der Waals surface area contributed by atoms with Gasteiger partial charge in [0.1, 0.15) is 4.83 Å². The Morgan fingerprint density at radius 2 is 1.75 bits per heavy atom. The van der Waals surface area contributed by atoms with Gasteiger partial charge in [0.2, 0.25) is 0 Å². The van der Waals surface area contributed by atoms with E-state index in [2.05, 4.69) is 41.2 Å². The molecular weight excluding hydrogens is 472 g/mol. The Morgan fingerprint density at radius 1 is 1.06 bits per heavy atom. The number of nitrogens with zero attached hydrogens (tertiary/aromatic N) is 4. The van der Waals surface area contributed by atoms with Crippen molar-refractivity contribution >= 4 is 44.9 Å². The number of benzene rings is 2. The first kappa shape index (κ1) is 24.0. The summed E-state index contributed by atoms with van der Waals surface area (Å²) in [7, 11) is 2.13. The first-order valence-corrected chi connectivity index (χ1v) is 13.0. The van der Waals surface area contributed by atoms with E-state index < -0.39 is 5.91 Å². The molecule has 0 radical (unpaired) electrons. The molecule has 1 saturated heterocycles. The third-order valence-electron chi connectivity index (χ3n) is 6.72. The van der Waals surface area contributed by atoms with E-state index in [9.17, 15) is 9.59 Å². The Morgan fingerprint density at radius 3 is 2.39 bits per heavy atom. The van der Waals surface area contributed by atoms with E-state index in [1.54, 1.807) is 6.07 Å². The highest BCUT2D eigenvalue weighted by Crippen LogP contribution is 2.36. The van der Waals surface area contributed by atoms with Crippen LogP contribution < -0.4 is 16.0 Å². The van der Waals surface area contributed by atoms with Crippen LogP contribution >= 0.6 is 11.3 Å². The first-order valence-electron chi connectivity index (χ1n) is 12.2. The second-order valence-corrected chi connectivity index (χ2v) is 10.1. The third kappa shape index (κ3) is 4.72. The zero-order valence-electron chi connectivity index (χ0n) is 20.5. The molecule has 1 atom stereocenters. The quantitative estimate of drug-likeness (QED) is 0.395. The van der Waals surface area contributed by atoms with Crippen molar-refractivity contribution in [3.63, 3.8) is 0 Å². The largest absolute Gasteiger partial charge is 0.369 e. The maximum atomic E-state index is 13.2. The number of amides is 2. The average molecular weight is 503 g/mol. The molecule has 3 N–H and O–H groups in total. The number of likely N-dealkylation sites (N-methyl/N-ethyl adjacent to an activating group) is 1. The lowest BCUT2D eigenvalue weighted by Gasteiger charge is -2.34. The molecule has 0 spiro atoms. The summed E-state index contributed by atoms with van der Waals surface area (Å²) in [5, 5.41) is 8.48. The van der Waals surface area contributed by atoms with Crippen LogP contribution in [0.15, 0.2) is 60.7 Å². The maximum Gasteiger partial charge on any atom is 0.258 e. The molecule has 0 unspecified atom stereocenters. The number of nitrogens with one attached hydrogen (secondary N) is 1. The van der Waals surface area contributed by atoms with Crippen molar-refractivity contribution in [1.82, 2.24) is 14.7 Å². The van der Waals surface area contributed by atoms with Gasteiger partial charge in [0.05, 0.1) is 16.3 Å². The third-order valence-corrected chi connectivity index (χ3v) is 7.86. The number of primary amides is 1. The number of piperazine rings is 1. The topological polar surface area (TPSA) is 96.5 Å². The molecule has 0 aliphatic carbocycles. The van der Waals surface area contributed by atoms with Crippen LogP contribution in [0, 0.1) is 0 Å². The van der Waals surface area contributed by atoms with Crippen LogP contribution in [-0.4, -0.2) is 59.7 Å². The minimum Gasteiger partial charge on any atom is -0.369 e. The van der Waals surface area contributed by atoms with Gasteiger partial charge in [-0.2, -0.15) is 5.10 Å². The fourth-order valence-corrected chi connectivity index (χ4v) is 5.66. The summed E-state index contributed by atoms with van der Waals surface area (Å²) in [4.78, 5) is 31.0. The minimum atomic E-state index is -0.493. The van der Waals surface area contributed by atoms with Crippen molar-refractivity contribution in [2.75, 3.05) is 43.4 Å². The molecular formula is C27H30N6O2S. The monoisotopic (exact) mass is 502 g/mol. The Hall–Kier alpha value is -3.69. The molecule has 36 heavy (non-hydrogen) atoms. The van der Waals surface area contributed by atoms with E-state index in [1.807, 2.05) is 47.1 Å². The summed E-state index contributed by atoms with van der Waals surface area (Å²) < 4.78 is 1.90. The van der Waals surface area contributed by atoms with Gasteiger partial charge in [-0.1, -0.05) is 37.3 Å². The highest BCUT2D eigenvalue weighted by molar-refractivity contribution is 7.20. The first-order chi connectivity index (χ1) is 17.4. The number of carbonyl (C=O) groups excluding carboxylic acids is 2. The van der Waals surface area contributed by atoms with E-state index in [0.29, 0.717) is 21.6 Å². The molecule has 5 rings (SSSR count). The van der Waals surface area contributed by atoms with Crippen LogP contribution in [0.2, 0.25) is 0 Å². The normalized spacial score (nSPS) is 15.2. The maximum absolute atomic E-state index is 13.2. The molecule has 9 heteroatoms. The summed E-state index contributed by atoms with van der Waals surface area (Å²) in [5.41, 5.74) is 8.35. The van der Waals surface area contributed by atoms with Gasteiger partial charge < -0.3 is 20.9 Å². The molecule has 1 aliphatic rings. The van der Waals surface area contributed by atoms with Gasteiger partial charge >= 0.3 is 0 Å². The second-order valence-electron chi connectivity index (χ2n) is 9.11. The summed E-state index contributed by atoms with van der Waals surface area (Å²) in [5.74, 6) is -0.311. The number of aromatic nitrogens is 2. The Kier molecular flexibility index (Phi) is 6.75. The predicted molar refractivity (Wildman–Crippen MR) is 145 cm³/mol. The molecule has 2 aromatic heterocycles. The van der Waals surface area contributed by atoms with Crippen LogP contribution in [0.4, 0.5) is 11.5 Å². The molecule has 8 nitrogen and oxygen atoms in total. The van der Waals surface area contributed by atoms with Gasteiger partial charge in [0.15, 0.2) is 5.82 Å². The summed E-state index contributed by atoms with van der Waals surface area (Å²) in [6.45, 7) is 6.08. The molecule has 0 saturated carbocycles. The van der Waals surface area contributed by atoms with Crippen LogP contribution in [0.25, 0.3) is 10.2 Å². The van der Waals surface area contributed by atoms with Crippen LogP contribution in [0.1, 0.15) is 45.0 Å². The van der Waals surface area contributed by atoms with Gasteiger partial charge in [0, 0.05) is 37.4 Å². The number of thiophene rings is 1. The van der Waals surface area contributed by atoms with E-state index in [0.717, 1.165) is 48.7 Å². The van der Waals surface area contributed by atoms with Crippen molar-refractivity contribution in [3.8, 4) is 0 Å². The predicted octanol–water partition coefficient (Wildman–Crippen LogP) is 4.20. The highest BCUT2D eigenvalue weighted by atomic mass is 32.1. The molecule has 3 heterocycles. The lowest BCUT2D eigenvalue weighted by molar-refractivity contribution is 0.100. The SMILES string of the molecule is CC[C@H](c1ccccc1)n1nc(NC(=O)c2ccc(N3CCN(C)CC3)cc2)c2cc(C(N)=O)sc21. The summed E-state index contributed by atoms with van der Waals surface area (Å²) >= 11 is 1.30. The molecule has 186 valence electrons. The zero-order chi connectivity index (χ0) is 25.2. The highest BCUT2D eigenvalue weighted by Gasteiger charge is 2.23. The smallest absolute Gasteiger partial charge is 0.258 e. The minimum absolute atomic E-state index is 0.0402. The zero-order valence-corrected chi connectivity index (χ0v) is 21.3. The van der Waals surface area contributed by atoms with E-state index >= 15 is 0 Å². The van der Waals surface area contributed by atoms with E-state index in [1.165, 1.54) is 11.3 Å². The van der Waals surface area contributed by atoms with Crippen LogP contribution in [-0.2, 0) is 0 Å². The molecule has 4 aromatic rings. The molecule has 0 bridgehead atoms. The van der Waals surface area contributed by atoms with Crippen molar-refractivity contribution in [2.45, 2.75) is 19.4 Å². The lowest BCUT2D eigenvalue weighted by Crippen LogP contribution is -2.44. The average Bonchev–Trinajstić information content (AvgIpc) is 3.47. The van der Waals surface area contributed by atoms with Crippen LogP contribution in [0.3, 0.4) is 0 Å². The fourth-order valence-electron chi connectivity index (χ4n) is 4.65. The van der Waals surface area contributed by atoms with Crippen molar-refractivity contribution < 1.29 is 9.59 Å². The number of anilines is 2. The Balaban J connectivity index is 1.43. The lowest BCUT2D eigenvalue weighted by atomic mass is 10.1. The molecule has 1 aliphatic heterocycles. The summed E-state index contributed by atoms with van der Waals surface area (Å²) in [6, 6.07) is 19.4. The van der Waals surface area contributed by atoms with Crippen molar-refractivity contribution in [1.29, 1.82) is 0 Å². The number of fused-ring (bicyclic) bond motifs is 1. The van der Waals surface area contributed by atoms with Gasteiger partial charge in [-0.15, -0.1) is 11.3 Å². The van der Waals surface area contributed by atoms with E-state index in [-0.39, 0.29) is 11.9 Å². The van der Waals surface area contributed by atoms with Gasteiger partial charge in [-0.05, 0) is 49.4 Å².